The lowest BCUT2D eigenvalue weighted by molar-refractivity contribution is -0.137. The molecule has 0 aliphatic heterocycles. The van der Waals surface area contributed by atoms with E-state index in [2.05, 4.69) is 5.32 Å². The molecule has 158 valence electrons. The molecule has 2 amide bonds. The first kappa shape index (κ1) is 24.2. The topological polar surface area (TPSA) is 84.7 Å². The van der Waals surface area contributed by atoms with E-state index in [4.69, 9.17) is 10.5 Å². The van der Waals surface area contributed by atoms with Crippen LogP contribution in [0.5, 0.6) is 5.75 Å². The number of halogens is 1. The molecule has 0 saturated heterocycles. The Balaban J connectivity index is 0.00000392. The van der Waals surface area contributed by atoms with Crippen molar-refractivity contribution in [1.29, 1.82) is 0 Å². The maximum Gasteiger partial charge on any atom is 0.244 e. The van der Waals surface area contributed by atoms with Crippen LogP contribution in [0.4, 0.5) is 5.69 Å². The van der Waals surface area contributed by atoms with Crippen molar-refractivity contribution in [3.63, 3.8) is 0 Å². The van der Waals surface area contributed by atoms with Crippen LogP contribution in [0, 0.1) is 5.41 Å². The van der Waals surface area contributed by atoms with E-state index in [-0.39, 0.29) is 36.2 Å². The Bertz CT molecular complexity index is 633. The van der Waals surface area contributed by atoms with E-state index < -0.39 is 0 Å². The minimum atomic E-state index is -0.216. The van der Waals surface area contributed by atoms with Gasteiger partial charge in [0.15, 0.2) is 0 Å². The number of anilines is 1. The Kier molecular flexibility index (Phi) is 10.3. The Morgan fingerprint density at radius 3 is 2.50 bits per heavy atom. The summed E-state index contributed by atoms with van der Waals surface area (Å²) in [5, 5.41) is 2.85. The first-order valence-electron chi connectivity index (χ1n) is 9.94. The molecule has 7 heteroatoms. The van der Waals surface area contributed by atoms with Gasteiger partial charge in [-0.1, -0.05) is 38.3 Å². The predicted molar refractivity (Wildman–Crippen MR) is 115 cm³/mol. The van der Waals surface area contributed by atoms with Gasteiger partial charge in [-0.05, 0) is 43.4 Å². The molecule has 28 heavy (non-hydrogen) atoms. The normalized spacial score (nSPS) is 15.2. The Morgan fingerprint density at radius 1 is 1.21 bits per heavy atom. The predicted octanol–water partition coefficient (Wildman–Crippen LogP) is 3.59. The van der Waals surface area contributed by atoms with Crippen LogP contribution in [0.1, 0.15) is 51.9 Å². The number of hydrogen-bond donors (Lipinski definition) is 2. The molecule has 1 saturated carbocycles. The summed E-state index contributed by atoms with van der Waals surface area (Å²) in [6.07, 6.45) is 6.73. The van der Waals surface area contributed by atoms with Crippen LogP contribution in [0.25, 0.3) is 0 Å². The summed E-state index contributed by atoms with van der Waals surface area (Å²) in [7, 11) is 1.56. The van der Waals surface area contributed by atoms with Gasteiger partial charge in [-0.3, -0.25) is 9.59 Å². The van der Waals surface area contributed by atoms with Crippen molar-refractivity contribution in [2.24, 2.45) is 11.1 Å². The number of hydrogen-bond acceptors (Lipinski definition) is 4. The van der Waals surface area contributed by atoms with Crippen molar-refractivity contribution in [2.75, 3.05) is 32.1 Å². The van der Waals surface area contributed by atoms with Crippen LogP contribution in [0.3, 0.4) is 0 Å². The zero-order valence-corrected chi connectivity index (χ0v) is 17.9. The summed E-state index contributed by atoms with van der Waals surface area (Å²) >= 11 is 0. The number of nitrogens with zero attached hydrogens (tertiary/aromatic N) is 1. The van der Waals surface area contributed by atoms with Crippen molar-refractivity contribution in [1.82, 2.24) is 4.90 Å². The third-order valence-corrected chi connectivity index (χ3v) is 5.44. The number of methoxy groups -OCH3 is 1. The molecule has 1 aliphatic carbocycles. The molecule has 6 nitrogen and oxygen atoms in total. The van der Waals surface area contributed by atoms with Gasteiger partial charge >= 0.3 is 0 Å². The maximum atomic E-state index is 12.9. The smallest absolute Gasteiger partial charge is 0.244 e. The van der Waals surface area contributed by atoms with Crippen molar-refractivity contribution >= 4 is 29.9 Å². The van der Waals surface area contributed by atoms with E-state index in [1.165, 1.54) is 6.42 Å². The number of ether oxygens (including phenoxy) is 1. The molecule has 1 fully saturated rings. The van der Waals surface area contributed by atoms with Crippen LogP contribution in [0.2, 0.25) is 0 Å². The van der Waals surface area contributed by atoms with Gasteiger partial charge < -0.3 is 20.7 Å². The standard InChI is InChI=1S/C21H33N3O3.ClH/c1-3-13-24(20(26)14-21(16-22)11-7-4-8-12-21)15-19(25)23-17-9-5-6-10-18(17)27-2;/h5-6,9-10H,3-4,7-8,11-16,22H2,1-2H3,(H,23,25);1H. The van der Waals surface area contributed by atoms with Crippen molar-refractivity contribution in [3.8, 4) is 5.75 Å². The second-order valence-electron chi connectivity index (χ2n) is 7.51. The highest BCUT2D eigenvalue weighted by molar-refractivity contribution is 5.95. The molecule has 0 aromatic heterocycles. The SMILES string of the molecule is CCCN(CC(=O)Nc1ccccc1OC)C(=O)CC1(CN)CCCCC1.Cl. The van der Waals surface area contributed by atoms with Crippen LogP contribution in [-0.2, 0) is 9.59 Å². The van der Waals surface area contributed by atoms with Crippen molar-refractivity contribution in [2.45, 2.75) is 51.9 Å². The average Bonchev–Trinajstić information content (AvgIpc) is 2.68. The number of rotatable bonds is 9. The third kappa shape index (κ3) is 6.67. The van der Waals surface area contributed by atoms with Crippen LogP contribution >= 0.6 is 12.4 Å². The van der Waals surface area contributed by atoms with Crippen LogP contribution < -0.4 is 15.8 Å². The average molecular weight is 412 g/mol. The van der Waals surface area contributed by atoms with E-state index in [1.807, 2.05) is 19.1 Å². The molecule has 2 rings (SSSR count). The number of nitrogens with two attached hydrogens (primary N) is 1. The van der Waals surface area contributed by atoms with Gasteiger partial charge in [-0.25, -0.2) is 0 Å². The highest BCUT2D eigenvalue weighted by Gasteiger charge is 2.34. The van der Waals surface area contributed by atoms with E-state index in [0.29, 0.717) is 30.9 Å². The fraction of sp³-hybridized carbons (Fsp3) is 0.619. The van der Waals surface area contributed by atoms with Gasteiger partial charge in [0, 0.05) is 13.0 Å². The number of benzene rings is 1. The van der Waals surface area contributed by atoms with Crippen LogP contribution in [0.15, 0.2) is 24.3 Å². The Labute approximate surface area is 174 Å². The largest absolute Gasteiger partial charge is 0.495 e. The molecule has 1 aromatic rings. The molecule has 0 bridgehead atoms. The molecule has 0 spiro atoms. The van der Waals surface area contributed by atoms with Gasteiger partial charge in [0.1, 0.15) is 5.75 Å². The number of carbonyl (C=O) groups is 2. The molecule has 3 N–H and O–H groups in total. The van der Waals surface area contributed by atoms with Crippen molar-refractivity contribution in [3.05, 3.63) is 24.3 Å². The summed E-state index contributed by atoms with van der Waals surface area (Å²) in [6, 6.07) is 7.26. The summed E-state index contributed by atoms with van der Waals surface area (Å²) in [4.78, 5) is 27.1. The number of carbonyl (C=O) groups excluding carboxylic acids is 2. The molecule has 0 atom stereocenters. The summed E-state index contributed by atoms with van der Waals surface area (Å²) in [5.74, 6) is 0.412. The Hall–Kier alpha value is -1.79. The lowest BCUT2D eigenvalue weighted by Gasteiger charge is -2.37. The number of nitrogens with one attached hydrogen (secondary N) is 1. The maximum absolute atomic E-state index is 12.9. The summed E-state index contributed by atoms with van der Waals surface area (Å²) in [5.41, 5.74) is 6.55. The van der Waals surface area contributed by atoms with Gasteiger partial charge in [0.2, 0.25) is 11.8 Å². The second-order valence-corrected chi connectivity index (χ2v) is 7.51. The quantitative estimate of drug-likeness (QED) is 0.650. The first-order valence-corrected chi connectivity index (χ1v) is 9.94. The molecule has 0 unspecified atom stereocenters. The summed E-state index contributed by atoms with van der Waals surface area (Å²) < 4.78 is 5.27. The van der Waals surface area contributed by atoms with Gasteiger partial charge in [0.05, 0.1) is 19.3 Å². The number of amides is 2. The minimum absolute atomic E-state index is 0. The van der Waals surface area contributed by atoms with E-state index >= 15 is 0 Å². The monoisotopic (exact) mass is 411 g/mol. The summed E-state index contributed by atoms with van der Waals surface area (Å²) in [6.45, 7) is 3.16. The lowest BCUT2D eigenvalue weighted by Crippen LogP contribution is -2.43. The zero-order valence-electron chi connectivity index (χ0n) is 17.0. The third-order valence-electron chi connectivity index (χ3n) is 5.44. The fourth-order valence-electron chi connectivity index (χ4n) is 3.86. The van der Waals surface area contributed by atoms with Gasteiger partial charge in [-0.15, -0.1) is 12.4 Å². The first-order chi connectivity index (χ1) is 13.0. The zero-order chi connectivity index (χ0) is 19.7. The van der Waals surface area contributed by atoms with Gasteiger partial charge in [0.25, 0.3) is 0 Å². The lowest BCUT2D eigenvalue weighted by atomic mass is 9.71. The van der Waals surface area contributed by atoms with E-state index in [9.17, 15) is 9.59 Å². The van der Waals surface area contributed by atoms with E-state index in [1.54, 1.807) is 24.1 Å². The molecule has 0 radical (unpaired) electrons. The molecular weight excluding hydrogens is 378 g/mol. The van der Waals surface area contributed by atoms with Crippen molar-refractivity contribution < 1.29 is 14.3 Å². The molecule has 1 aliphatic rings. The highest BCUT2D eigenvalue weighted by Crippen LogP contribution is 2.38. The molecular formula is C21H34ClN3O3. The minimum Gasteiger partial charge on any atom is -0.495 e. The van der Waals surface area contributed by atoms with E-state index in [0.717, 1.165) is 32.1 Å². The fourth-order valence-corrected chi connectivity index (χ4v) is 3.86. The Morgan fingerprint density at radius 2 is 1.89 bits per heavy atom. The van der Waals surface area contributed by atoms with Gasteiger partial charge in [-0.2, -0.15) is 0 Å². The second kappa shape index (κ2) is 11.9. The van der Waals surface area contributed by atoms with Crippen LogP contribution in [-0.4, -0.2) is 43.5 Å². The highest BCUT2D eigenvalue weighted by atomic mass is 35.5. The molecule has 1 aromatic carbocycles. The number of para-hydroxylation sites is 2. The molecule has 0 heterocycles.